The van der Waals surface area contributed by atoms with Crippen molar-refractivity contribution in [2.45, 2.75) is 111 Å². The van der Waals surface area contributed by atoms with Crippen LogP contribution in [0.25, 0.3) is 0 Å². The third-order valence-corrected chi connectivity index (χ3v) is 24.6. The highest BCUT2D eigenvalue weighted by Gasteiger charge is 2.29. The van der Waals surface area contributed by atoms with Gasteiger partial charge in [0.25, 0.3) is 0 Å². The van der Waals surface area contributed by atoms with Gasteiger partial charge >= 0.3 is 5.97 Å². The highest BCUT2D eigenvalue weighted by atomic mass is 79.9. The largest absolute Gasteiger partial charge is 0.462 e. The molecule has 29 heteroatoms. The summed E-state index contributed by atoms with van der Waals surface area (Å²) in [7, 11) is 0. The average molecular weight is 1680 g/mol. The predicted molar refractivity (Wildman–Crippen MR) is 409 cm³/mol. The molecule has 0 amide bonds. The lowest BCUT2D eigenvalue weighted by Crippen LogP contribution is -2.17. The molecule has 524 valence electrons. The number of nitrogens with zero attached hydrogens (tertiary/aromatic N) is 5. The van der Waals surface area contributed by atoms with Crippen LogP contribution in [0.2, 0.25) is 43.1 Å². The average Bonchev–Trinajstić information content (AvgIpc) is 1.77. The van der Waals surface area contributed by atoms with Crippen molar-refractivity contribution in [3.05, 3.63) is 246 Å². The van der Waals surface area contributed by atoms with Crippen molar-refractivity contribution in [1.29, 1.82) is 0 Å². The number of hydrogen-bond acceptors (Lipinski definition) is 19. The third-order valence-electron chi connectivity index (χ3n) is 15.4. The number of pyridine rings is 5. The minimum absolute atomic E-state index is 0.0133. The molecule has 13 rings (SSSR count). The van der Waals surface area contributed by atoms with Crippen LogP contribution in [0.1, 0.15) is 168 Å². The second-order valence-corrected chi connectivity index (χ2v) is 32.9. The Kier molecular flexibility index (Phi) is 31.9. The van der Waals surface area contributed by atoms with Crippen LogP contribution in [0, 0.1) is 6.92 Å². The zero-order valence-electron chi connectivity index (χ0n) is 53.7. The number of hydrogen-bond donors (Lipinski definition) is 3. The summed E-state index contributed by atoms with van der Waals surface area (Å²) in [5.41, 5.74) is 11.7. The molecule has 0 saturated heterocycles. The van der Waals surface area contributed by atoms with Crippen LogP contribution in [0.5, 0.6) is 0 Å². The normalized spacial score (nSPS) is 14.5. The fraction of sp³-hybridized carbons (Fsp3) is 0.314. The molecule has 0 radical (unpaired) electrons. The number of halogens is 10. The molecule has 3 atom stereocenters. The van der Waals surface area contributed by atoms with Crippen molar-refractivity contribution < 1.29 is 43.9 Å². The van der Waals surface area contributed by atoms with Gasteiger partial charge in [0.1, 0.15) is 48.4 Å². The van der Waals surface area contributed by atoms with Gasteiger partial charge in [-0.2, -0.15) is 0 Å². The number of ketones is 1. The maximum absolute atomic E-state index is 12.7. The molecule has 0 aliphatic carbocycles. The molecule has 13 heterocycles. The summed E-state index contributed by atoms with van der Waals surface area (Å²) in [6, 6.07) is 18.3. The first-order valence-electron chi connectivity index (χ1n) is 30.9. The molecule has 3 aliphatic rings. The van der Waals surface area contributed by atoms with E-state index in [-0.39, 0.29) is 37.2 Å². The number of cyclic esters (lactones) is 1. The van der Waals surface area contributed by atoms with E-state index >= 15 is 0 Å². The van der Waals surface area contributed by atoms with Crippen molar-refractivity contribution >= 4 is 195 Å². The van der Waals surface area contributed by atoms with Crippen molar-refractivity contribution in [2.75, 3.05) is 33.0 Å². The zero-order valence-corrected chi connectivity index (χ0v) is 66.2. The van der Waals surface area contributed by atoms with Gasteiger partial charge < -0.3 is 29.5 Å². The van der Waals surface area contributed by atoms with Crippen LogP contribution in [-0.2, 0) is 72.0 Å². The van der Waals surface area contributed by atoms with E-state index in [1.165, 1.54) is 42.9 Å². The Labute approximate surface area is 647 Å². The van der Waals surface area contributed by atoms with Crippen LogP contribution < -0.4 is 0 Å². The molecule has 0 bridgehead atoms. The number of aliphatic hydroxyl groups excluding tert-OH is 3. The second-order valence-electron chi connectivity index (χ2n) is 21.8. The van der Waals surface area contributed by atoms with Crippen molar-refractivity contribution in [1.82, 2.24) is 24.9 Å². The highest BCUT2D eigenvalue weighted by molar-refractivity contribution is 9.10. The van der Waals surface area contributed by atoms with Gasteiger partial charge in [0.15, 0.2) is 12.1 Å². The van der Waals surface area contributed by atoms with Gasteiger partial charge in [0.05, 0.1) is 43.3 Å². The number of carbonyl (C=O) groups excluding carboxylic acids is 3. The lowest BCUT2D eigenvalue weighted by Gasteiger charge is -2.25. The summed E-state index contributed by atoms with van der Waals surface area (Å²) in [5, 5.41) is 30.6. The first-order chi connectivity index (χ1) is 47.5. The van der Waals surface area contributed by atoms with Gasteiger partial charge in [-0.3, -0.25) is 9.59 Å². The van der Waals surface area contributed by atoms with Gasteiger partial charge in [-0.15, -0.1) is 56.7 Å². The van der Waals surface area contributed by atoms with E-state index in [0.717, 1.165) is 119 Å². The fourth-order valence-electron chi connectivity index (χ4n) is 10.4. The standard InChI is InChI=1S/C15H16ClNO2S.C14H15Cl2NO2S.C14H13Cl2NOS.C13H9Cl2NO2S.C8H6ClNO2.C6H6BrClS/c1-3-11-6-12(9(2)20-11)15(19)13-7-14(16)17-8-10(13)4-5-18;1-2-9-5-11(14(16)20-9)13(19)10-6-12(15)17-7-8(10)3-4-18;1-2-9-5-11(14(16)19-9)13-10-6-12(15)17-7-8(10)3-4-18-13;14-11-4-9-7(5-16-11)1-2-18-12(9)10-3-8(6-17)19-13(10)15;9-7-3-6-5(4-10-7)1-2-12-8(6)11;1-2-4-3-5(7)6(8)9-4/h6-8,18H,3-5H2,1-2H3;5-7,13,18-19H,2-4H2,1H3;5-7,13H,2-4H2,1H3;3-6,12H,1-2H2;3-4H,1-2H2;3H,2H2,1H3. The number of ether oxygens (including phenoxy) is 3. The first-order valence-corrected chi connectivity index (χ1v) is 39.2. The Balaban J connectivity index is 0.000000154. The Bertz CT molecular complexity index is 4410. The van der Waals surface area contributed by atoms with Gasteiger partial charge in [-0.1, -0.05) is 132 Å². The van der Waals surface area contributed by atoms with Crippen LogP contribution >= 0.6 is 177 Å². The molecule has 3 aliphatic heterocycles. The zero-order chi connectivity index (χ0) is 71.6. The quantitative estimate of drug-likeness (QED) is 0.0378. The van der Waals surface area contributed by atoms with E-state index in [0.29, 0.717) is 99.8 Å². The number of aryl methyl sites for hydroxylation is 5. The smallest absolute Gasteiger partial charge is 0.338 e. The van der Waals surface area contributed by atoms with E-state index < -0.39 is 6.10 Å². The molecule has 10 aromatic rings. The van der Waals surface area contributed by atoms with Gasteiger partial charge in [-0.05, 0) is 179 Å². The summed E-state index contributed by atoms with van der Waals surface area (Å²) >= 11 is 64.9. The molecule has 0 spiro atoms. The Morgan fingerprint density at radius 3 is 1.54 bits per heavy atom. The second kappa shape index (κ2) is 39.2. The van der Waals surface area contributed by atoms with E-state index in [1.807, 2.05) is 38.2 Å². The Morgan fingerprint density at radius 1 is 0.535 bits per heavy atom. The lowest BCUT2D eigenvalue weighted by molar-refractivity contribution is 0.0479. The number of aromatic nitrogens is 5. The minimum Gasteiger partial charge on any atom is -0.462 e. The van der Waals surface area contributed by atoms with E-state index in [9.17, 15) is 19.5 Å². The number of rotatable bonds is 15. The van der Waals surface area contributed by atoms with Crippen LogP contribution in [0.15, 0.2) is 96.1 Å². The number of thiophene rings is 5. The SMILES string of the molecule is CCc1cc(Br)c(Cl)s1.CCc1cc(C(=O)c2cc(Cl)ncc2CCO)c(C)s1.CCc1cc(C(O)c2cc(Cl)ncc2CCO)c(Cl)s1.CCc1cc(C2OCCc3cnc(Cl)cc32)c(Cl)s1.O=C1OCCc2cnc(Cl)cc21.O=Cc1cc(C2OCCc3cnc(Cl)cc32)c(Cl)s1. The van der Waals surface area contributed by atoms with Crippen LogP contribution in [-0.4, -0.2) is 91.3 Å². The van der Waals surface area contributed by atoms with Crippen molar-refractivity contribution in [3.63, 3.8) is 0 Å². The first kappa shape index (κ1) is 80.6. The molecule has 14 nitrogen and oxygen atoms in total. The van der Waals surface area contributed by atoms with Gasteiger partial charge in [-0.25, -0.2) is 29.7 Å². The molecule has 0 aromatic carbocycles. The van der Waals surface area contributed by atoms with E-state index in [4.69, 9.17) is 129 Å². The maximum atomic E-state index is 12.7. The molecular formula is C70H65BrCl9N5O9S5. The molecule has 99 heavy (non-hydrogen) atoms. The van der Waals surface area contributed by atoms with E-state index in [2.05, 4.69) is 73.8 Å². The molecule has 10 aromatic heterocycles. The summed E-state index contributed by atoms with van der Waals surface area (Å²) in [4.78, 5) is 61.2. The third kappa shape index (κ3) is 21.8. The summed E-state index contributed by atoms with van der Waals surface area (Å²) in [5.74, 6) is -0.355. The molecule has 3 unspecified atom stereocenters. The van der Waals surface area contributed by atoms with Gasteiger partial charge in [0, 0.05) is 107 Å². The van der Waals surface area contributed by atoms with Crippen molar-refractivity contribution in [2.24, 2.45) is 0 Å². The molecular weight excluding hydrogens is 1610 g/mol. The predicted octanol–water partition coefficient (Wildman–Crippen LogP) is 20.8. The lowest BCUT2D eigenvalue weighted by atomic mass is 9.96. The topological polar surface area (TPSA) is 204 Å². The Hall–Kier alpha value is -4.05. The minimum atomic E-state index is -0.860. The molecule has 3 N–H and O–H groups in total. The van der Waals surface area contributed by atoms with E-state index in [1.54, 1.807) is 89.1 Å². The van der Waals surface area contributed by atoms with Crippen molar-refractivity contribution in [3.8, 4) is 0 Å². The number of carbonyl (C=O) groups is 3. The van der Waals surface area contributed by atoms with Crippen LogP contribution in [0.4, 0.5) is 0 Å². The van der Waals surface area contributed by atoms with Gasteiger partial charge in [0.2, 0.25) is 0 Å². The summed E-state index contributed by atoms with van der Waals surface area (Å²) in [6.07, 6.45) is 15.0. The number of fused-ring (bicyclic) bond motifs is 3. The molecule has 0 fully saturated rings. The molecule has 0 saturated carbocycles. The monoisotopic (exact) mass is 1670 g/mol. The fourth-order valence-corrected chi connectivity index (χ4v) is 17.6. The number of aldehydes is 1. The van der Waals surface area contributed by atoms with Crippen LogP contribution in [0.3, 0.4) is 0 Å². The summed E-state index contributed by atoms with van der Waals surface area (Å²) < 4.78 is 20.4. The Morgan fingerprint density at radius 2 is 1.01 bits per heavy atom. The summed E-state index contributed by atoms with van der Waals surface area (Å²) in [6.45, 7) is 12.0. The maximum Gasteiger partial charge on any atom is 0.338 e. The number of aliphatic hydroxyl groups is 3. The number of esters is 1. The highest BCUT2D eigenvalue weighted by Crippen LogP contribution is 2.43.